The number of hydrogen-bond donors (Lipinski definition) is 1. The van der Waals surface area contributed by atoms with Crippen LogP contribution >= 0.6 is 0 Å². The molecule has 2 heterocycles. The minimum atomic E-state index is 1.04. The molecule has 0 saturated carbocycles. The molecule has 1 aliphatic rings. The number of piperidine rings is 1. The summed E-state index contributed by atoms with van der Waals surface area (Å²) >= 11 is 0. The second kappa shape index (κ2) is 5.10. The molecule has 77 valence electrons. The lowest BCUT2D eigenvalue weighted by atomic mass is 10.1. The van der Waals surface area contributed by atoms with Crippen molar-refractivity contribution in [1.29, 1.82) is 0 Å². The van der Waals surface area contributed by atoms with Crippen molar-refractivity contribution in [2.45, 2.75) is 25.7 Å². The Labute approximate surface area is 84.7 Å². The lowest BCUT2D eigenvalue weighted by molar-refractivity contribution is 0.251. The topological polar surface area (TPSA) is 44.8 Å². The molecule has 4 heteroatoms. The molecule has 0 aromatic carbocycles. The summed E-state index contributed by atoms with van der Waals surface area (Å²) in [5.74, 6) is 0. The highest BCUT2D eigenvalue weighted by atomic mass is 15.3. The molecule has 1 aliphatic heterocycles. The zero-order valence-electron chi connectivity index (χ0n) is 8.45. The summed E-state index contributed by atoms with van der Waals surface area (Å²) in [6.45, 7) is 3.67. The van der Waals surface area contributed by atoms with Crippen LogP contribution in [0.2, 0.25) is 0 Å². The van der Waals surface area contributed by atoms with Crippen molar-refractivity contribution < 1.29 is 0 Å². The lowest BCUT2D eigenvalue weighted by Gasteiger charge is -2.25. The van der Waals surface area contributed by atoms with Crippen molar-refractivity contribution in [1.82, 2.24) is 20.3 Å². The molecule has 0 bridgehead atoms. The maximum atomic E-state index is 3.97. The monoisotopic (exact) mass is 193 g/mol. The van der Waals surface area contributed by atoms with Gasteiger partial charge in [0.05, 0.1) is 5.69 Å². The Bertz CT molecular complexity index is 239. The van der Waals surface area contributed by atoms with Gasteiger partial charge in [0.2, 0.25) is 0 Å². The van der Waals surface area contributed by atoms with Crippen LogP contribution in [0.25, 0.3) is 0 Å². The third-order valence-corrected chi connectivity index (χ3v) is 2.67. The Hall–Kier alpha value is -0.900. The van der Waals surface area contributed by atoms with Crippen LogP contribution in [0.1, 0.15) is 25.0 Å². The molecular formula is C10H17N4. The summed E-state index contributed by atoms with van der Waals surface area (Å²) in [7, 11) is 0. The van der Waals surface area contributed by atoms with E-state index in [9.17, 15) is 0 Å². The minimum Gasteiger partial charge on any atom is -0.303 e. The fourth-order valence-electron chi connectivity index (χ4n) is 1.86. The average Bonchev–Trinajstić information content (AvgIpc) is 2.72. The van der Waals surface area contributed by atoms with E-state index in [1.165, 1.54) is 38.9 Å². The van der Waals surface area contributed by atoms with Crippen LogP contribution < -0.4 is 0 Å². The minimum absolute atomic E-state index is 1.04. The van der Waals surface area contributed by atoms with Gasteiger partial charge in [-0.2, -0.15) is 0 Å². The number of hydrogen-bond acceptors (Lipinski definition) is 3. The second-order valence-corrected chi connectivity index (χ2v) is 3.78. The van der Waals surface area contributed by atoms with Crippen LogP contribution in [0.15, 0.2) is 6.20 Å². The summed E-state index contributed by atoms with van der Waals surface area (Å²) < 4.78 is 0. The number of nitrogens with one attached hydrogen (secondary N) is 1. The fraction of sp³-hybridized carbons (Fsp3) is 0.700. The summed E-state index contributed by atoms with van der Waals surface area (Å²) in [4.78, 5) is 2.53. The van der Waals surface area contributed by atoms with Crippen molar-refractivity contribution >= 4 is 0 Å². The zero-order valence-corrected chi connectivity index (χ0v) is 8.45. The first-order chi connectivity index (χ1) is 6.95. The van der Waals surface area contributed by atoms with E-state index >= 15 is 0 Å². The standard InChI is InChI=1S/C10H17N4/c1-2-6-14(7-3-1)8-4-5-10-9-11-13-12-10/h1,9H,2-8H2,(H,11,12,13). The molecule has 1 aromatic rings. The van der Waals surface area contributed by atoms with E-state index in [1.54, 1.807) is 0 Å². The van der Waals surface area contributed by atoms with Crippen LogP contribution in [-0.2, 0) is 6.42 Å². The second-order valence-electron chi connectivity index (χ2n) is 3.78. The van der Waals surface area contributed by atoms with Crippen LogP contribution in [0.5, 0.6) is 0 Å². The molecule has 1 N–H and O–H groups in total. The van der Waals surface area contributed by atoms with Crippen molar-refractivity contribution in [3.8, 4) is 0 Å². The highest BCUT2D eigenvalue weighted by Crippen LogP contribution is 2.08. The van der Waals surface area contributed by atoms with Gasteiger partial charge in [0.25, 0.3) is 0 Å². The third-order valence-electron chi connectivity index (χ3n) is 2.67. The SMILES string of the molecule is [CH]1CCN(CCCc2c[nH]nn2)CC1. The largest absolute Gasteiger partial charge is 0.303 e. The predicted molar refractivity (Wildman–Crippen MR) is 54.7 cm³/mol. The Morgan fingerprint density at radius 2 is 2.21 bits per heavy atom. The van der Waals surface area contributed by atoms with Gasteiger partial charge in [-0.3, -0.25) is 5.10 Å². The van der Waals surface area contributed by atoms with Crippen molar-refractivity contribution in [2.24, 2.45) is 0 Å². The first-order valence-electron chi connectivity index (χ1n) is 5.34. The summed E-state index contributed by atoms with van der Waals surface area (Å²) in [5, 5.41) is 10.4. The van der Waals surface area contributed by atoms with Gasteiger partial charge in [0, 0.05) is 6.20 Å². The van der Waals surface area contributed by atoms with E-state index in [2.05, 4.69) is 26.7 Å². The van der Waals surface area contributed by atoms with Gasteiger partial charge in [-0.05, 0) is 51.7 Å². The van der Waals surface area contributed by atoms with Crippen molar-refractivity contribution in [2.75, 3.05) is 19.6 Å². The number of rotatable bonds is 4. The highest BCUT2D eigenvalue weighted by molar-refractivity contribution is 4.90. The van der Waals surface area contributed by atoms with Gasteiger partial charge in [-0.25, -0.2) is 0 Å². The van der Waals surface area contributed by atoms with E-state index in [-0.39, 0.29) is 0 Å². The Morgan fingerprint density at radius 1 is 1.36 bits per heavy atom. The maximum absolute atomic E-state index is 3.97. The highest BCUT2D eigenvalue weighted by Gasteiger charge is 2.09. The van der Waals surface area contributed by atoms with E-state index in [4.69, 9.17) is 0 Å². The van der Waals surface area contributed by atoms with Gasteiger partial charge < -0.3 is 4.90 Å². The number of nitrogens with zero attached hydrogens (tertiary/aromatic N) is 3. The normalized spacial score (nSPS) is 18.6. The van der Waals surface area contributed by atoms with Crippen LogP contribution in [0, 0.1) is 6.42 Å². The van der Waals surface area contributed by atoms with Gasteiger partial charge in [-0.15, -0.1) is 5.10 Å². The average molecular weight is 193 g/mol. The molecule has 2 rings (SSSR count). The molecule has 1 radical (unpaired) electrons. The van der Waals surface area contributed by atoms with E-state index in [0.717, 1.165) is 12.1 Å². The summed E-state index contributed by atoms with van der Waals surface area (Å²) in [6.07, 6.45) is 9.00. The van der Waals surface area contributed by atoms with Gasteiger partial charge >= 0.3 is 0 Å². The zero-order chi connectivity index (χ0) is 9.64. The van der Waals surface area contributed by atoms with E-state index in [1.807, 2.05) is 6.20 Å². The molecule has 4 nitrogen and oxygen atoms in total. The number of H-pyrrole nitrogens is 1. The lowest BCUT2D eigenvalue weighted by Crippen LogP contribution is -2.31. The molecular weight excluding hydrogens is 176 g/mol. The molecule has 1 fully saturated rings. The van der Waals surface area contributed by atoms with E-state index in [0.29, 0.717) is 0 Å². The molecule has 0 spiro atoms. The number of aromatic nitrogens is 3. The molecule has 0 atom stereocenters. The first-order valence-corrected chi connectivity index (χ1v) is 5.34. The quantitative estimate of drug-likeness (QED) is 0.777. The predicted octanol–water partition coefficient (Wildman–Crippen LogP) is 1.04. The van der Waals surface area contributed by atoms with Crippen LogP contribution in [0.3, 0.4) is 0 Å². The van der Waals surface area contributed by atoms with E-state index < -0.39 is 0 Å². The van der Waals surface area contributed by atoms with Gasteiger partial charge in [0.1, 0.15) is 0 Å². The Balaban J connectivity index is 1.62. The fourth-order valence-corrected chi connectivity index (χ4v) is 1.86. The number of aromatic amines is 1. The Morgan fingerprint density at radius 3 is 2.93 bits per heavy atom. The number of likely N-dealkylation sites (tertiary alicyclic amines) is 1. The van der Waals surface area contributed by atoms with Gasteiger partial charge in [-0.1, -0.05) is 5.21 Å². The molecule has 0 amide bonds. The number of aryl methyl sites for hydroxylation is 1. The molecule has 0 unspecified atom stereocenters. The molecule has 0 aliphatic carbocycles. The van der Waals surface area contributed by atoms with Crippen molar-refractivity contribution in [3.63, 3.8) is 0 Å². The molecule has 14 heavy (non-hydrogen) atoms. The molecule has 1 saturated heterocycles. The van der Waals surface area contributed by atoms with Crippen LogP contribution in [-0.4, -0.2) is 39.9 Å². The summed E-state index contributed by atoms with van der Waals surface area (Å²) in [5.41, 5.74) is 1.08. The maximum Gasteiger partial charge on any atom is 0.0824 e. The smallest absolute Gasteiger partial charge is 0.0824 e. The third kappa shape index (κ3) is 2.80. The molecule has 1 aromatic heterocycles. The summed E-state index contributed by atoms with van der Waals surface area (Å²) in [6, 6.07) is 0. The van der Waals surface area contributed by atoms with Crippen LogP contribution in [0.4, 0.5) is 0 Å². The Kier molecular flexibility index (Phi) is 3.51. The van der Waals surface area contributed by atoms with Gasteiger partial charge in [0.15, 0.2) is 0 Å². The van der Waals surface area contributed by atoms with Crippen molar-refractivity contribution in [3.05, 3.63) is 18.3 Å². The first kappa shape index (κ1) is 9.65.